The van der Waals surface area contributed by atoms with Gasteiger partial charge in [-0.2, -0.15) is 0 Å². The van der Waals surface area contributed by atoms with Gasteiger partial charge >= 0.3 is 0 Å². The lowest BCUT2D eigenvalue weighted by atomic mass is 9.98. The summed E-state index contributed by atoms with van der Waals surface area (Å²) in [5, 5.41) is 0.768. The lowest BCUT2D eigenvalue weighted by Gasteiger charge is -2.30. The van der Waals surface area contributed by atoms with E-state index in [1.807, 2.05) is 55.5 Å². The lowest BCUT2D eigenvalue weighted by molar-refractivity contribution is 0.0949. The predicted molar refractivity (Wildman–Crippen MR) is 128 cm³/mol. The van der Waals surface area contributed by atoms with Crippen LogP contribution in [0.25, 0.3) is 6.08 Å². The maximum absolute atomic E-state index is 13.3. The molecule has 0 N–H and O–H groups in total. The Morgan fingerprint density at radius 3 is 2.76 bits per heavy atom. The number of halogens is 1. The molecule has 6 nitrogen and oxygen atoms in total. The first-order valence-corrected chi connectivity index (χ1v) is 11.5. The second-order valence-electron chi connectivity index (χ2n) is 8.59. The van der Waals surface area contributed by atoms with Crippen molar-refractivity contribution in [2.75, 3.05) is 20.1 Å². The van der Waals surface area contributed by atoms with E-state index >= 15 is 0 Å². The van der Waals surface area contributed by atoms with Gasteiger partial charge < -0.3 is 18.9 Å². The summed E-state index contributed by atoms with van der Waals surface area (Å²) in [6, 6.07) is 15.4. The van der Waals surface area contributed by atoms with Crippen LogP contribution in [0.2, 0.25) is 5.02 Å². The molecule has 0 saturated heterocycles. The number of hydrogen-bond donors (Lipinski definition) is 0. The monoisotopic (exact) mass is 475 g/mol. The van der Waals surface area contributed by atoms with Crippen molar-refractivity contribution < 1.29 is 23.7 Å². The Morgan fingerprint density at radius 2 is 1.88 bits per heavy atom. The number of carbonyl (C=O) groups is 1. The molecule has 0 amide bonds. The number of aryl methyl sites for hydroxylation is 1. The average Bonchev–Trinajstić information content (AvgIpc) is 3.43. The molecule has 0 aromatic heterocycles. The Morgan fingerprint density at radius 1 is 1.03 bits per heavy atom. The van der Waals surface area contributed by atoms with Crippen molar-refractivity contribution in [3.8, 4) is 23.0 Å². The highest BCUT2D eigenvalue weighted by Gasteiger charge is 2.35. The summed E-state index contributed by atoms with van der Waals surface area (Å²) in [6.45, 7) is 4.00. The van der Waals surface area contributed by atoms with Crippen LogP contribution in [-0.2, 0) is 13.0 Å². The smallest absolute Gasteiger partial charge is 0.232 e. The van der Waals surface area contributed by atoms with Gasteiger partial charge in [0.1, 0.15) is 18.2 Å². The highest BCUT2D eigenvalue weighted by Crippen LogP contribution is 2.44. The summed E-state index contributed by atoms with van der Waals surface area (Å²) < 4.78 is 23.0. The third kappa shape index (κ3) is 3.69. The topological polar surface area (TPSA) is 57.2 Å². The fourth-order valence-corrected chi connectivity index (χ4v) is 4.78. The molecule has 0 fully saturated rings. The predicted octanol–water partition coefficient (Wildman–Crippen LogP) is 5.39. The van der Waals surface area contributed by atoms with E-state index in [1.54, 1.807) is 6.08 Å². The number of ether oxygens (including phenoxy) is 4. The number of fused-ring (bicyclic) bond motifs is 4. The summed E-state index contributed by atoms with van der Waals surface area (Å²) in [5.74, 6) is 2.88. The largest absolute Gasteiger partial charge is 0.478 e. The molecule has 0 atom stereocenters. The summed E-state index contributed by atoms with van der Waals surface area (Å²) in [6.07, 6.45) is 2.55. The van der Waals surface area contributed by atoms with E-state index < -0.39 is 0 Å². The summed E-state index contributed by atoms with van der Waals surface area (Å²) >= 11 is 6.32. The van der Waals surface area contributed by atoms with Gasteiger partial charge in [-0.3, -0.25) is 9.69 Å². The lowest BCUT2D eigenvalue weighted by Crippen LogP contribution is -2.34. The molecule has 172 valence electrons. The number of nitrogens with zero attached hydrogens (tertiary/aromatic N) is 1. The number of hydrogen-bond acceptors (Lipinski definition) is 6. The molecule has 3 aliphatic heterocycles. The van der Waals surface area contributed by atoms with Gasteiger partial charge in [0.2, 0.25) is 12.6 Å². The fourth-order valence-electron chi connectivity index (χ4n) is 4.55. The normalized spacial score (nSPS) is 17.4. The van der Waals surface area contributed by atoms with Gasteiger partial charge in [-0.05, 0) is 60.4 Å². The number of benzene rings is 3. The minimum Gasteiger partial charge on any atom is -0.478 e. The molecule has 0 radical (unpaired) electrons. The van der Waals surface area contributed by atoms with Crippen molar-refractivity contribution >= 4 is 23.5 Å². The van der Waals surface area contributed by atoms with Crippen LogP contribution >= 0.6 is 11.6 Å². The maximum Gasteiger partial charge on any atom is 0.232 e. The number of carbonyl (C=O) groups excluding carboxylic acids is 1. The molecule has 0 spiro atoms. The van der Waals surface area contributed by atoms with E-state index in [1.165, 1.54) is 0 Å². The molecular weight excluding hydrogens is 454 g/mol. The zero-order chi connectivity index (χ0) is 23.2. The van der Waals surface area contributed by atoms with Crippen LogP contribution in [0.1, 0.15) is 32.6 Å². The third-order valence-electron chi connectivity index (χ3n) is 6.34. The van der Waals surface area contributed by atoms with Crippen LogP contribution in [-0.4, -0.2) is 30.8 Å². The third-order valence-corrected chi connectivity index (χ3v) is 6.71. The van der Waals surface area contributed by atoms with Crippen molar-refractivity contribution in [3.05, 3.63) is 87.1 Å². The summed E-state index contributed by atoms with van der Waals surface area (Å²) in [5.41, 5.74) is 4.25. The van der Waals surface area contributed by atoms with Crippen molar-refractivity contribution in [2.24, 2.45) is 0 Å². The number of ketones is 1. The minimum absolute atomic E-state index is 0.124. The van der Waals surface area contributed by atoms with E-state index in [2.05, 4.69) is 4.90 Å². The van der Waals surface area contributed by atoms with Gasteiger partial charge in [-0.15, -0.1) is 0 Å². The van der Waals surface area contributed by atoms with Crippen LogP contribution in [0.5, 0.6) is 23.0 Å². The van der Waals surface area contributed by atoms with Crippen LogP contribution in [0.4, 0.5) is 0 Å². The van der Waals surface area contributed by atoms with Gasteiger partial charge in [-0.1, -0.05) is 35.9 Å². The van der Waals surface area contributed by atoms with Crippen molar-refractivity contribution in [1.29, 1.82) is 0 Å². The van der Waals surface area contributed by atoms with Gasteiger partial charge in [0, 0.05) is 18.1 Å². The molecule has 3 heterocycles. The Kier molecular flexibility index (Phi) is 5.20. The second-order valence-corrected chi connectivity index (χ2v) is 9.00. The Labute approximate surface area is 202 Å². The molecule has 3 aliphatic rings. The molecule has 6 rings (SSSR count). The Bertz CT molecular complexity index is 1350. The Balaban J connectivity index is 1.26. The molecular formula is C27H22ClNO5. The zero-order valence-corrected chi connectivity index (χ0v) is 19.4. The molecule has 0 unspecified atom stereocenters. The number of Topliss-reactive ketones (excluding diaryl/α,β-unsaturated/α-hetero) is 1. The Hall–Kier alpha value is -3.48. The molecule has 7 heteroatoms. The van der Waals surface area contributed by atoms with Gasteiger partial charge in [0.25, 0.3) is 0 Å². The van der Waals surface area contributed by atoms with Gasteiger partial charge in [0.05, 0.1) is 11.1 Å². The SMILES string of the molecule is Cc1cc2c(c3c1C(=O)/C(=C/c1ccc4c(c1)OCO4)O3)CN(CCc1ccccc1Cl)CO2. The van der Waals surface area contributed by atoms with Crippen molar-refractivity contribution in [3.63, 3.8) is 0 Å². The average molecular weight is 476 g/mol. The van der Waals surface area contributed by atoms with Crippen LogP contribution in [0.15, 0.2) is 54.3 Å². The van der Waals surface area contributed by atoms with Gasteiger partial charge in [0.15, 0.2) is 17.3 Å². The van der Waals surface area contributed by atoms with E-state index in [0.717, 1.165) is 46.0 Å². The van der Waals surface area contributed by atoms with Crippen molar-refractivity contribution in [1.82, 2.24) is 4.90 Å². The molecule has 0 aliphatic carbocycles. The van der Waals surface area contributed by atoms with E-state index in [4.69, 9.17) is 30.5 Å². The first kappa shape index (κ1) is 21.1. The molecule has 0 bridgehead atoms. The zero-order valence-electron chi connectivity index (χ0n) is 18.6. The van der Waals surface area contributed by atoms with Crippen LogP contribution in [0.3, 0.4) is 0 Å². The summed E-state index contributed by atoms with van der Waals surface area (Å²) in [4.78, 5) is 15.4. The first-order valence-electron chi connectivity index (χ1n) is 11.2. The minimum atomic E-state index is -0.124. The van der Waals surface area contributed by atoms with Crippen LogP contribution < -0.4 is 18.9 Å². The highest BCUT2D eigenvalue weighted by atomic mass is 35.5. The molecule has 0 saturated carbocycles. The molecule has 3 aromatic rings. The first-order chi connectivity index (χ1) is 16.6. The number of rotatable bonds is 4. The second kappa shape index (κ2) is 8.38. The van der Waals surface area contributed by atoms with Gasteiger partial charge in [-0.25, -0.2) is 0 Å². The fraction of sp³-hybridized carbons (Fsp3) is 0.222. The van der Waals surface area contributed by atoms with E-state index in [-0.39, 0.29) is 12.6 Å². The number of allylic oxidation sites excluding steroid dienone is 1. The quantitative estimate of drug-likeness (QED) is 0.472. The summed E-state index contributed by atoms with van der Waals surface area (Å²) in [7, 11) is 0. The molecule has 3 aromatic carbocycles. The standard InChI is InChI=1S/C27H22ClNO5/c1-16-10-22-19(13-29(14-31-22)9-8-18-4-2-3-5-20(18)28)27-25(16)26(30)24(34-27)12-17-6-7-21-23(11-17)33-15-32-21/h2-7,10-12H,8-9,13-15H2,1H3/b24-12-. The van der Waals surface area contributed by atoms with Crippen LogP contribution in [0, 0.1) is 6.92 Å². The van der Waals surface area contributed by atoms with E-state index in [9.17, 15) is 4.79 Å². The van der Waals surface area contributed by atoms with E-state index in [0.29, 0.717) is 41.8 Å². The highest BCUT2D eigenvalue weighted by molar-refractivity contribution is 6.31. The maximum atomic E-state index is 13.3. The molecule has 34 heavy (non-hydrogen) atoms. The van der Waals surface area contributed by atoms with Crippen molar-refractivity contribution in [2.45, 2.75) is 19.9 Å².